The van der Waals surface area contributed by atoms with Gasteiger partial charge in [-0.3, -0.25) is 14.5 Å². The van der Waals surface area contributed by atoms with Crippen molar-refractivity contribution in [1.82, 2.24) is 15.1 Å². The van der Waals surface area contributed by atoms with Crippen molar-refractivity contribution in [3.05, 3.63) is 0 Å². The first-order chi connectivity index (χ1) is 10.3. The Morgan fingerprint density at radius 2 is 1.91 bits per heavy atom. The van der Waals surface area contributed by atoms with Crippen LogP contribution in [-0.2, 0) is 14.4 Å². The Morgan fingerprint density at radius 3 is 2.41 bits per heavy atom. The Bertz CT molecular complexity index is 465. The molecule has 9 nitrogen and oxygen atoms in total. The number of unbranched alkanes of at least 4 members (excludes halogenated alkanes) is 1. The van der Waals surface area contributed by atoms with Crippen LogP contribution in [0.1, 0.15) is 26.7 Å². The fourth-order valence-electron chi connectivity index (χ4n) is 2.03. The van der Waals surface area contributed by atoms with Gasteiger partial charge in [0.25, 0.3) is 0 Å². The average molecular weight is 315 g/mol. The number of aliphatic carboxylic acids is 1. The standard InChI is InChI=1S/C13H21N3O6/c1-3-4-5-15-6-7-16(11(19)10(15)18)13(22)14-9(8(2)17)12(20)21/h8-9,17H,3-7H2,1-2H3,(H,14,22)(H,20,21). The van der Waals surface area contributed by atoms with Gasteiger partial charge in [-0.2, -0.15) is 0 Å². The second kappa shape index (κ2) is 7.74. The summed E-state index contributed by atoms with van der Waals surface area (Å²) >= 11 is 0. The summed E-state index contributed by atoms with van der Waals surface area (Å²) in [4.78, 5) is 48.7. The molecule has 2 unspecified atom stereocenters. The zero-order valence-corrected chi connectivity index (χ0v) is 12.6. The largest absolute Gasteiger partial charge is 0.480 e. The van der Waals surface area contributed by atoms with E-state index in [1.54, 1.807) is 0 Å². The maximum absolute atomic E-state index is 11.9. The molecule has 1 aliphatic heterocycles. The normalized spacial score (nSPS) is 18.1. The first-order valence-corrected chi connectivity index (χ1v) is 7.11. The number of carboxylic acid groups (broad SMARTS) is 1. The van der Waals surface area contributed by atoms with Crippen LogP contribution >= 0.6 is 0 Å². The van der Waals surface area contributed by atoms with Gasteiger partial charge in [0.1, 0.15) is 0 Å². The third kappa shape index (κ3) is 4.17. The lowest BCUT2D eigenvalue weighted by molar-refractivity contribution is -0.154. The van der Waals surface area contributed by atoms with E-state index in [9.17, 15) is 24.3 Å². The van der Waals surface area contributed by atoms with Crippen molar-refractivity contribution < 1.29 is 29.4 Å². The van der Waals surface area contributed by atoms with E-state index < -0.39 is 36.0 Å². The summed E-state index contributed by atoms with van der Waals surface area (Å²) in [5.41, 5.74) is 0. The summed E-state index contributed by atoms with van der Waals surface area (Å²) in [5, 5.41) is 20.2. The van der Waals surface area contributed by atoms with Crippen LogP contribution in [0.2, 0.25) is 0 Å². The van der Waals surface area contributed by atoms with E-state index >= 15 is 0 Å². The molecule has 0 spiro atoms. The molecule has 2 atom stereocenters. The van der Waals surface area contributed by atoms with E-state index in [1.165, 1.54) is 11.8 Å². The smallest absolute Gasteiger partial charge is 0.328 e. The Labute approximate surface area is 127 Å². The molecule has 1 aliphatic rings. The molecule has 0 aromatic heterocycles. The number of nitrogens with one attached hydrogen (secondary N) is 1. The zero-order chi connectivity index (χ0) is 16.9. The molecule has 0 bridgehead atoms. The van der Waals surface area contributed by atoms with Gasteiger partial charge >= 0.3 is 23.8 Å². The minimum atomic E-state index is -1.55. The van der Waals surface area contributed by atoms with E-state index in [4.69, 9.17) is 5.11 Å². The number of carbonyl (C=O) groups is 4. The Kier molecular flexibility index (Phi) is 6.29. The van der Waals surface area contributed by atoms with E-state index in [2.05, 4.69) is 0 Å². The summed E-state index contributed by atoms with van der Waals surface area (Å²) < 4.78 is 0. The van der Waals surface area contributed by atoms with Crippen molar-refractivity contribution >= 4 is 23.8 Å². The first-order valence-electron chi connectivity index (χ1n) is 7.11. The number of aliphatic hydroxyl groups is 1. The minimum Gasteiger partial charge on any atom is -0.480 e. The molecule has 0 aromatic carbocycles. The van der Waals surface area contributed by atoms with Gasteiger partial charge in [-0.15, -0.1) is 0 Å². The number of amides is 4. The van der Waals surface area contributed by atoms with E-state index in [-0.39, 0.29) is 13.1 Å². The summed E-state index contributed by atoms with van der Waals surface area (Å²) in [6.07, 6.45) is 0.295. The van der Waals surface area contributed by atoms with Gasteiger partial charge in [-0.1, -0.05) is 13.3 Å². The van der Waals surface area contributed by atoms with Gasteiger partial charge in [0, 0.05) is 19.6 Å². The molecular weight excluding hydrogens is 294 g/mol. The van der Waals surface area contributed by atoms with Gasteiger partial charge in [0.05, 0.1) is 6.10 Å². The fraction of sp³-hybridized carbons (Fsp3) is 0.692. The van der Waals surface area contributed by atoms with Crippen LogP contribution in [0, 0.1) is 0 Å². The van der Waals surface area contributed by atoms with Gasteiger partial charge in [0.15, 0.2) is 6.04 Å². The fourth-order valence-corrected chi connectivity index (χ4v) is 2.03. The van der Waals surface area contributed by atoms with E-state index in [0.717, 1.165) is 12.8 Å². The maximum atomic E-state index is 11.9. The highest BCUT2D eigenvalue weighted by Crippen LogP contribution is 2.08. The minimum absolute atomic E-state index is 0.00767. The lowest BCUT2D eigenvalue weighted by atomic mass is 10.2. The predicted octanol–water partition coefficient (Wildman–Crippen LogP) is -0.999. The van der Waals surface area contributed by atoms with Crippen LogP contribution in [0.3, 0.4) is 0 Å². The molecule has 124 valence electrons. The van der Waals surface area contributed by atoms with Crippen molar-refractivity contribution in [3.8, 4) is 0 Å². The quantitative estimate of drug-likeness (QED) is 0.540. The lowest BCUT2D eigenvalue weighted by Crippen LogP contribution is -2.61. The number of piperazine rings is 1. The topological polar surface area (TPSA) is 127 Å². The Morgan fingerprint density at radius 1 is 1.27 bits per heavy atom. The molecule has 0 aromatic rings. The number of aliphatic hydroxyl groups excluding tert-OH is 1. The Hall–Kier alpha value is -2.16. The SMILES string of the molecule is CCCCN1CCN(C(=O)NC(C(=O)O)C(C)O)C(=O)C1=O. The average Bonchev–Trinajstić information content (AvgIpc) is 2.45. The van der Waals surface area contributed by atoms with Crippen molar-refractivity contribution in [3.63, 3.8) is 0 Å². The molecule has 0 saturated carbocycles. The number of carbonyl (C=O) groups excluding carboxylic acids is 3. The number of carboxylic acids is 1. The van der Waals surface area contributed by atoms with Crippen molar-refractivity contribution in [2.75, 3.05) is 19.6 Å². The number of nitrogens with zero attached hydrogens (tertiary/aromatic N) is 2. The molecule has 3 N–H and O–H groups in total. The van der Waals surface area contributed by atoms with Crippen molar-refractivity contribution in [2.45, 2.75) is 38.8 Å². The third-order valence-corrected chi connectivity index (χ3v) is 3.36. The second-order valence-corrected chi connectivity index (χ2v) is 5.11. The Balaban J connectivity index is 2.70. The van der Waals surface area contributed by atoms with Crippen LogP contribution in [0.4, 0.5) is 4.79 Å². The van der Waals surface area contributed by atoms with Crippen molar-refractivity contribution in [2.24, 2.45) is 0 Å². The molecule has 4 amide bonds. The third-order valence-electron chi connectivity index (χ3n) is 3.36. The highest BCUT2D eigenvalue weighted by atomic mass is 16.4. The number of imide groups is 1. The highest BCUT2D eigenvalue weighted by Gasteiger charge is 2.37. The summed E-state index contributed by atoms with van der Waals surface area (Å²) in [6, 6.07) is -2.55. The summed E-state index contributed by atoms with van der Waals surface area (Å²) in [7, 11) is 0. The number of hydrogen-bond acceptors (Lipinski definition) is 5. The first kappa shape index (κ1) is 17.9. The number of rotatable bonds is 6. The van der Waals surface area contributed by atoms with Crippen LogP contribution in [0.15, 0.2) is 0 Å². The van der Waals surface area contributed by atoms with Crippen LogP contribution in [-0.4, -0.2) is 75.6 Å². The number of hydrogen-bond donors (Lipinski definition) is 3. The van der Waals surface area contributed by atoms with E-state index in [1.807, 2.05) is 12.2 Å². The molecule has 1 fully saturated rings. The monoisotopic (exact) mass is 315 g/mol. The molecule has 0 aliphatic carbocycles. The number of urea groups is 1. The molecular formula is C13H21N3O6. The highest BCUT2D eigenvalue weighted by molar-refractivity contribution is 6.38. The molecule has 1 saturated heterocycles. The van der Waals surface area contributed by atoms with E-state index in [0.29, 0.717) is 11.4 Å². The van der Waals surface area contributed by atoms with Gasteiger partial charge in [-0.25, -0.2) is 9.59 Å². The molecule has 0 radical (unpaired) electrons. The van der Waals surface area contributed by atoms with Gasteiger partial charge in [0.2, 0.25) is 0 Å². The molecule has 1 heterocycles. The molecule has 1 rings (SSSR count). The second-order valence-electron chi connectivity index (χ2n) is 5.11. The van der Waals surface area contributed by atoms with Crippen LogP contribution in [0.5, 0.6) is 0 Å². The van der Waals surface area contributed by atoms with Gasteiger partial charge < -0.3 is 20.4 Å². The van der Waals surface area contributed by atoms with Crippen molar-refractivity contribution in [1.29, 1.82) is 0 Å². The predicted molar refractivity (Wildman–Crippen MR) is 74.8 cm³/mol. The zero-order valence-electron chi connectivity index (χ0n) is 12.6. The molecule has 22 heavy (non-hydrogen) atoms. The lowest BCUT2D eigenvalue weighted by Gasteiger charge is -2.33. The summed E-state index contributed by atoms with van der Waals surface area (Å²) in [6.45, 7) is 3.81. The van der Waals surface area contributed by atoms with Gasteiger partial charge in [-0.05, 0) is 13.3 Å². The van der Waals surface area contributed by atoms with Crippen LogP contribution < -0.4 is 5.32 Å². The van der Waals surface area contributed by atoms with Crippen LogP contribution in [0.25, 0.3) is 0 Å². The summed E-state index contributed by atoms with van der Waals surface area (Å²) in [5.74, 6) is -3.20. The molecule has 9 heteroatoms. The maximum Gasteiger partial charge on any atom is 0.328 e.